The molecule has 1 aliphatic rings. The second-order valence-corrected chi connectivity index (χ2v) is 5.54. The summed E-state index contributed by atoms with van der Waals surface area (Å²) in [7, 11) is 0. The van der Waals surface area contributed by atoms with Crippen LogP contribution in [0.25, 0.3) is 0 Å². The lowest BCUT2D eigenvalue weighted by molar-refractivity contribution is -0.139. The van der Waals surface area contributed by atoms with Crippen molar-refractivity contribution < 1.29 is 9.59 Å². The average molecular weight is 271 g/mol. The van der Waals surface area contributed by atoms with Crippen LogP contribution in [0.15, 0.2) is 42.5 Å². The Hall–Kier alpha value is -1.90. The Balaban J connectivity index is 2.07. The van der Waals surface area contributed by atoms with Crippen molar-refractivity contribution in [1.82, 2.24) is 4.90 Å². The zero-order valence-corrected chi connectivity index (χ0v) is 12.1. The molecule has 1 aromatic rings. The molecule has 20 heavy (non-hydrogen) atoms. The van der Waals surface area contributed by atoms with Gasteiger partial charge in [-0.3, -0.25) is 9.59 Å². The van der Waals surface area contributed by atoms with Crippen molar-refractivity contribution in [1.29, 1.82) is 0 Å². The number of ketones is 1. The number of carbonyl (C=O) groups is 2. The minimum absolute atomic E-state index is 0.00719. The number of likely N-dealkylation sites (tertiary alicyclic amines) is 1. The molecule has 0 aliphatic carbocycles. The van der Waals surface area contributed by atoms with Crippen molar-refractivity contribution in [2.75, 3.05) is 6.54 Å². The SMILES string of the molecule is C=C1CCN(C(=O)[C@H](C)Cc2ccccc2)[C@@H]1C(C)=O. The van der Waals surface area contributed by atoms with Crippen LogP contribution in [0.5, 0.6) is 0 Å². The van der Waals surface area contributed by atoms with Crippen molar-refractivity contribution in [3.05, 3.63) is 48.0 Å². The zero-order chi connectivity index (χ0) is 14.7. The van der Waals surface area contributed by atoms with Crippen molar-refractivity contribution >= 4 is 11.7 Å². The molecule has 1 fully saturated rings. The van der Waals surface area contributed by atoms with Crippen LogP contribution in [0.1, 0.15) is 25.8 Å². The number of nitrogens with zero attached hydrogens (tertiary/aromatic N) is 1. The predicted octanol–water partition coefficient (Wildman–Crippen LogP) is 2.61. The van der Waals surface area contributed by atoms with Crippen molar-refractivity contribution in [3.63, 3.8) is 0 Å². The van der Waals surface area contributed by atoms with Crippen LogP contribution in [0.2, 0.25) is 0 Å². The number of amides is 1. The van der Waals surface area contributed by atoms with Crippen LogP contribution in [-0.4, -0.2) is 29.2 Å². The number of hydrogen-bond acceptors (Lipinski definition) is 2. The van der Waals surface area contributed by atoms with Gasteiger partial charge in [-0.1, -0.05) is 43.8 Å². The van der Waals surface area contributed by atoms with E-state index in [1.807, 2.05) is 37.3 Å². The summed E-state index contributed by atoms with van der Waals surface area (Å²) >= 11 is 0. The Kier molecular flexibility index (Phi) is 4.38. The standard InChI is InChI=1S/C17H21NO2/c1-12-9-10-18(16(12)14(3)19)17(20)13(2)11-15-7-5-4-6-8-15/h4-8,13,16H,1,9-11H2,2-3H3/t13-,16+/m1/s1. The lowest BCUT2D eigenvalue weighted by Gasteiger charge is -2.26. The lowest BCUT2D eigenvalue weighted by atomic mass is 9.99. The molecule has 0 N–H and O–H groups in total. The van der Waals surface area contributed by atoms with Gasteiger partial charge in [-0.05, 0) is 30.9 Å². The minimum atomic E-state index is -0.416. The molecule has 3 nitrogen and oxygen atoms in total. The summed E-state index contributed by atoms with van der Waals surface area (Å²) < 4.78 is 0. The average Bonchev–Trinajstić information content (AvgIpc) is 2.81. The summed E-state index contributed by atoms with van der Waals surface area (Å²) in [6.07, 6.45) is 1.43. The Labute approximate surface area is 120 Å². The van der Waals surface area contributed by atoms with Gasteiger partial charge in [-0.25, -0.2) is 0 Å². The Bertz CT molecular complexity index is 521. The van der Waals surface area contributed by atoms with Gasteiger partial charge >= 0.3 is 0 Å². The second-order valence-electron chi connectivity index (χ2n) is 5.54. The van der Waals surface area contributed by atoms with E-state index in [1.54, 1.807) is 4.90 Å². The van der Waals surface area contributed by atoms with E-state index in [2.05, 4.69) is 6.58 Å². The monoisotopic (exact) mass is 271 g/mol. The van der Waals surface area contributed by atoms with E-state index in [4.69, 9.17) is 0 Å². The predicted molar refractivity (Wildman–Crippen MR) is 79.2 cm³/mol. The molecule has 1 aliphatic heterocycles. The normalized spacial score (nSPS) is 20.0. The summed E-state index contributed by atoms with van der Waals surface area (Å²) in [4.78, 5) is 25.9. The fourth-order valence-electron chi connectivity index (χ4n) is 2.83. The van der Waals surface area contributed by atoms with Gasteiger partial charge in [0.15, 0.2) is 5.78 Å². The van der Waals surface area contributed by atoms with Crippen molar-refractivity contribution in [3.8, 4) is 0 Å². The van der Waals surface area contributed by atoms with Crippen LogP contribution in [0.4, 0.5) is 0 Å². The Morgan fingerprint density at radius 2 is 2.00 bits per heavy atom. The van der Waals surface area contributed by atoms with Gasteiger partial charge < -0.3 is 4.90 Å². The largest absolute Gasteiger partial charge is 0.328 e. The van der Waals surface area contributed by atoms with Crippen LogP contribution >= 0.6 is 0 Å². The van der Waals surface area contributed by atoms with E-state index in [0.29, 0.717) is 13.0 Å². The Morgan fingerprint density at radius 3 is 2.60 bits per heavy atom. The molecular weight excluding hydrogens is 250 g/mol. The summed E-state index contributed by atoms with van der Waals surface area (Å²) in [6, 6.07) is 9.54. The van der Waals surface area contributed by atoms with Gasteiger partial charge in [-0.2, -0.15) is 0 Å². The molecule has 0 spiro atoms. The number of Topliss-reactive ketones (excluding diaryl/α,β-unsaturated/α-hetero) is 1. The first-order chi connectivity index (χ1) is 9.50. The maximum Gasteiger partial charge on any atom is 0.226 e. The molecule has 0 unspecified atom stereocenters. The van der Waals surface area contributed by atoms with Crippen molar-refractivity contribution in [2.24, 2.45) is 5.92 Å². The van der Waals surface area contributed by atoms with Gasteiger partial charge in [-0.15, -0.1) is 0 Å². The highest BCUT2D eigenvalue weighted by Gasteiger charge is 2.36. The van der Waals surface area contributed by atoms with Crippen LogP contribution in [-0.2, 0) is 16.0 Å². The highest BCUT2D eigenvalue weighted by Crippen LogP contribution is 2.25. The molecule has 1 heterocycles. The molecule has 106 valence electrons. The van der Waals surface area contributed by atoms with E-state index in [-0.39, 0.29) is 17.6 Å². The topological polar surface area (TPSA) is 37.4 Å². The molecule has 2 rings (SSSR count). The molecule has 1 amide bonds. The van der Waals surface area contributed by atoms with Gasteiger partial charge in [0, 0.05) is 12.5 Å². The number of benzene rings is 1. The summed E-state index contributed by atoms with van der Waals surface area (Å²) in [6.45, 7) is 7.99. The van der Waals surface area contributed by atoms with E-state index >= 15 is 0 Å². The van der Waals surface area contributed by atoms with E-state index < -0.39 is 6.04 Å². The van der Waals surface area contributed by atoms with Crippen molar-refractivity contribution in [2.45, 2.75) is 32.7 Å². The first-order valence-electron chi connectivity index (χ1n) is 7.03. The first kappa shape index (κ1) is 14.5. The van der Waals surface area contributed by atoms with Crippen LogP contribution < -0.4 is 0 Å². The first-order valence-corrected chi connectivity index (χ1v) is 7.03. The highest BCUT2D eigenvalue weighted by atomic mass is 16.2. The van der Waals surface area contributed by atoms with E-state index in [9.17, 15) is 9.59 Å². The molecule has 2 atom stereocenters. The fraction of sp³-hybridized carbons (Fsp3) is 0.412. The maximum absolute atomic E-state index is 12.5. The van der Waals surface area contributed by atoms with E-state index in [1.165, 1.54) is 6.92 Å². The molecule has 0 aromatic heterocycles. The third-order valence-electron chi connectivity index (χ3n) is 3.85. The Morgan fingerprint density at radius 1 is 1.35 bits per heavy atom. The van der Waals surface area contributed by atoms with E-state index in [0.717, 1.165) is 17.6 Å². The smallest absolute Gasteiger partial charge is 0.226 e. The number of carbonyl (C=O) groups excluding carboxylic acids is 2. The molecule has 1 aromatic carbocycles. The van der Waals surface area contributed by atoms with Gasteiger partial charge in [0.25, 0.3) is 0 Å². The third kappa shape index (κ3) is 2.98. The van der Waals surface area contributed by atoms with Gasteiger partial charge in [0.2, 0.25) is 5.91 Å². The molecule has 0 saturated carbocycles. The molecule has 0 radical (unpaired) electrons. The van der Waals surface area contributed by atoms with Crippen LogP contribution in [0, 0.1) is 5.92 Å². The lowest BCUT2D eigenvalue weighted by Crippen LogP contribution is -2.43. The fourth-order valence-corrected chi connectivity index (χ4v) is 2.83. The van der Waals surface area contributed by atoms with Gasteiger partial charge in [0.1, 0.15) is 6.04 Å². The zero-order valence-electron chi connectivity index (χ0n) is 12.1. The third-order valence-corrected chi connectivity index (χ3v) is 3.85. The highest BCUT2D eigenvalue weighted by molar-refractivity contribution is 5.91. The quantitative estimate of drug-likeness (QED) is 0.789. The molecule has 3 heteroatoms. The number of rotatable bonds is 4. The second kappa shape index (κ2) is 6.04. The van der Waals surface area contributed by atoms with Crippen LogP contribution in [0.3, 0.4) is 0 Å². The molecule has 0 bridgehead atoms. The maximum atomic E-state index is 12.5. The molecular formula is C17H21NO2. The number of hydrogen-bond donors (Lipinski definition) is 0. The summed E-state index contributed by atoms with van der Waals surface area (Å²) in [5, 5.41) is 0. The minimum Gasteiger partial charge on any atom is -0.328 e. The summed E-state index contributed by atoms with van der Waals surface area (Å²) in [5.74, 6) is -0.0642. The van der Waals surface area contributed by atoms with Gasteiger partial charge in [0.05, 0.1) is 0 Å². The summed E-state index contributed by atoms with van der Waals surface area (Å²) in [5.41, 5.74) is 2.00. The molecule has 1 saturated heterocycles.